The van der Waals surface area contributed by atoms with Crippen molar-refractivity contribution in [2.75, 3.05) is 20.2 Å². The van der Waals surface area contributed by atoms with Crippen LogP contribution in [-0.2, 0) is 26.3 Å². The fraction of sp³-hybridized carbons (Fsp3) is 0.348. The van der Waals surface area contributed by atoms with E-state index in [0.717, 1.165) is 16.8 Å². The van der Waals surface area contributed by atoms with Gasteiger partial charge in [-0.05, 0) is 42.2 Å². The van der Waals surface area contributed by atoms with E-state index in [1.165, 1.54) is 19.2 Å². The van der Waals surface area contributed by atoms with Gasteiger partial charge < -0.3 is 25.5 Å². The Hall–Kier alpha value is -3.30. The van der Waals surface area contributed by atoms with E-state index in [4.69, 9.17) is 15.5 Å². The first-order valence-electron chi connectivity index (χ1n) is 10.4. The molecule has 2 aliphatic rings. The first-order chi connectivity index (χ1) is 15.3. The molecule has 0 atom stereocenters. The molecule has 0 bridgehead atoms. The quantitative estimate of drug-likeness (QED) is 0.559. The highest BCUT2D eigenvalue weighted by molar-refractivity contribution is 5.94. The molecule has 3 aromatic rings. The number of aromatic nitrogens is 3. The molecule has 0 spiro atoms. The second kappa shape index (κ2) is 7.39. The predicted octanol–water partition coefficient (Wildman–Crippen LogP) is 1.94. The van der Waals surface area contributed by atoms with E-state index in [9.17, 15) is 14.3 Å². The van der Waals surface area contributed by atoms with Crippen molar-refractivity contribution in [1.82, 2.24) is 19.9 Å². The van der Waals surface area contributed by atoms with Crippen LogP contribution < -0.4 is 15.8 Å². The average Bonchev–Trinajstić information content (AvgIpc) is 3.04. The number of nitrogens with two attached hydrogens (primary N) is 1. The average molecular weight is 437 g/mol. The zero-order chi connectivity index (χ0) is 22.6. The standard InChI is InChI=1S/C23H24FN5O3/c1-29-16(8-23(25)10-26-11-23)18(22(30)31)14-5-3-13-9-27-21(28-19(13)20(14)29)12-4-6-17(32-2)15(24)7-12/h4,6-7,9,26H,3,5,8,10-11,25H2,1-2H3,(H,30,31). The molecule has 9 heteroatoms. The minimum atomic E-state index is -0.956. The number of hydrogen-bond acceptors (Lipinski definition) is 6. The van der Waals surface area contributed by atoms with Crippen LogP contribution >= 0.6 is 0 Å². The van der Waals surface area contributed by atoms with Crippen LogP contribution in [0.4, 0.5) is 4.39 Å². The van der Waals surface area contributed by atoms with Crippen molar-refractivity contribution in [2.24, 2.45) is 12.8 Å². The summed E-state index contributed by atoms with van der Waals surface area (Å²) in [6.45, 7) is 1.29. The summed E-state index contributed by atoms with van der Waals surface area (Å²) >= 11 is 0. The summed E-state index contributed by atoms with van der Waals surface area (Å²) in [7, 11) is 3.27. The van der Waals surface area contributed by atoms with Crippen molar-refractivity contribution in [2.45, 2.75) is 24.8 Å². The smallest absolute Gasteiger partial charge is 0.337 e. The van der Waals surface area contributed by atoms with Gasteiger partial charge in [0.1, 0.15) is 0 Å². The Bertz CT molecular complexity index is 1250. The molecule has 166 valence electrons. The number of hydrogen-bond donors (Lipinski definition) is 3. The molecule has 1 fully saturated rings. The molecule has 0 saturated carbocycles. The van der Waals surface area contributed by atoms with Crippen molar-refractivity contribution in [3.8, 4) is 28.5 Å². The van der Waals surface area contributed by atoms with E-state index >= 15 is 0 Å². The van der Waals surface area contributed by atoms with Crippen LogP contribution in [0.15, 0.2) is 24.4 Å². The van der Waals surface area contributed by atoms with E-state index in [2.05, 4.69) is 10.3 Å². The Labute approximate surface area is 184 Å². The van der Waals surface area contributed by atoms with Crippen LogP contribution in [0.5, 0.6) is 5.75 Å². The summed E-state index contributed by atoms with van der Waals surface area (Å²) < 4.78 is 21.2. The topological polar surface area (TPSA) is 115 Å². The molecular weight excluding hydrogens is 413 g/mol. The number of halogens is 1. The van der Waals surface area contributed by atoms with Gasteiger partial charge in [0.05, 0.1) is 24.1 Å². The third kappa shape index (κ3) is 3.16. The number of rotatable bonds is 5. The molecule has 0 unspecified atom stereocenters. The van der Waals surface area contributed by atoms with E-state index < -0.39 is 17.3 Å². The summed E-state index contributed by atoms with van der Waals surface area (Å²) in [4.78, 5) is 21.4. The van der Waals surface area contributed by atoms with Gasteiger partial charge in [0, 0.05) is 49.6 Å². The number of nitrogens with one attached hydrogen (secondary N) is 1. The van der Waals surface area contributed by atoms with Crippen molar-refractivity contribution in [3.05, 3.63) is 52.6 Å². The van der Waals surface area contributed by atoms with E-state index in [-0.39, 0.29) is 5.75 Å². The summed E-state index contributed by atoms with van der Waals surface area (Å²) in [5.74, 6) is -0.934. The van der Waals surface area contributed by atoms with Crippen LogP contribution in [0, 0.1) is 5.82 Å². The largest absolute Gasteiger partial charge is 0.494 e. The summed E-state index contributed by atoms with van der Waals surface area (Å²) in [5.41, 5.74) is 10.7. The minimum absolute atomic E-state index is 0.147. The normalized spacial score (nSPS) is 16.1. The highest BCUT2D eigenvalue weighted by Gasteiger charge is 2.38. The molecule has 4 N–H and O–H groups in total. The van der Waals surface area contributed by atoms with Crippen LogP contribution in [0.2, 0.25) is 0 Å². The lowest BCUT2D eigenvalue weighted by Crippen LogP contribution is -2.67. The first-order valence-corrected chi connectivity index (χ1v) is 10.4. The van der Waals surface area contributed by atoms with Gasteiger partial charge in [0.15, 0.2) is 17.4 Å². The third-order valence-corrected chi connectivity index (χ3v) is 6.45. The lowest BCUT2D eigenvalue weighted by Gasteiger charge is -2.39. The van der Waals surface area contributed by atoms with Crippen molar-refractivity contribution in [3.63, 3.8) is 0 Å². The first kappa shape index (κ1) is 20.6. The maximum atomic E-state index is 14.3. The van der Waals surface area contributed by atoms with Crippen molar-refractivity contribution in [1.29, 1.82) is 0 Å². The summed E-state index contributed by atoms with van der Waals surface area (Å²) in [6.07, 6.45) is 3.43. The number of methoxy groups -OCH3 is 1. The van der Waals surface area contributed by atoms with Gasteiger partial charge in [-0.25, -0.2) is 19.2 Å². The van der Waals surface area contributed by atoms with Gasteiger partial charge in [0.2, 0.25) is 0 Å². The van der Waals surface area contributed by atoms with Gasteiger partial charge in [0.25, 0.3) is 0 Å². The van der Waals surface area contributed by atoms with Gasteiger partial charge in [-0.3, -0.25) is 0 Å². The van der Waals surface area contributed by atoms with Crippen LogP contribution in [0.1, 0.15) is 27.2 Å². The van der Waals surface area contributed by atoms with Crippen LogP contribution in [-0.4, -0.2) is 51.3 Å². The number of aryl methyl sites for hydroxylation is 1. The lowest BCUT2D eigenvalue weighted by molar-refractivity contribution is 0.0693. The molecule has 5 rings (SSSR count). The van der Waals surface area contributed by atoms with Crippen LogP contribution in [0.25, 0.3) is 22.8 Å². The van der Waals surface area contributed by atoms with E-state index in [1.807, 2.05) is 11.6 Å². The molecule has 32 heavy (non-hydrogen) atoms. The molecule has 3 heterocycles. The Kier molecular flexibility index (Phi) is 4.75. The number of benzene rings is 1. The highest BCUT2D eigenvalue weighted by atomic mass is 19.1. The van der Waals surface area contributed by atoms with Gasteiger partial charge in [-0.1, -0.05) is 0 Å². The number of carboxylic acids is 1. The number of ether oxygens (including phenoxy) is 1. The zero-order valence-corrected chi connectivity index (χ0v) is 17.9. The highest BCUT2D eigenvalue weighted by Crippen LogP contribution is 2.39. The molecule has 1 aliphatic heterocycles. The van der Waals surface area contributed by atoms with Gasteiger partial charge >= 0.3 is 5.97 Å². The maximum Gasteiger partial charge on any atom is 0.337 e. The molecule has 0 radical (unpaired) electrons. The Morgan fingerprint density at radius 1 is 1.38 bits per heavy atom. The van der Waals surface area contributed by atoms with E-state index in [1.54, 1.807) is 12.3 Å². The SMILES string of the molecule is COc1ccc(-c2ncc3c(n2)-c2c(c(C(=O)O)c(CC4(N)CNC4)n2C)CC3)cc1F. The Balaban J connectivity index is 1.65. The van der Waals surface area contributed by atoms with Gasteiger partial charge in [-0.2, -0.15) is 0 Å². The molecule has 1 saturated heterocycles. The minimum Gasteiger partial charge on any atom is -0.494 e. The number of nitrogens with zero attached hydrogens (tertiary/aromatic N) is 3. The van der Waals surface area contributed by atoms with E-state index in [0.29, 0.717) is 60.7 Å². The molecule has 1 aromatic carbocycles. The maximum absolute atomic E-state index is 14.3. The molecule has 1 aliphatic carbocycles. The number of carbonyl (C=O) groups is 1. The lowest BCUT2D eigenvalue weighted by atomic mass is 9.86. The molecular formula is C23H24FN5O3. The monoisotopic (exact) mass is 437 g/mol. The summed E-state index contributed by atoms with van der Waals surface area (Å²) in [5, 5.41) is 13.2. The number of carboxylic acid groups (broad SMARTS) is 1. The second-order valence-electron chi connectivity index (χ2n) is 8.57. The third-order valence-electron chi connectivity index (χ3n) is 6.45. The second-order valence-corrected chi connectivity index (χ2v) is 8.57. The van der Waals surface area contributed by atoms with Crippen molar-refractivity contribution >= 4 is 5.97 Å². The molecule has 0 amide bonds. The molecule has 8 nitrogen and oxygen atoms in total. The fourth-order valence-electron chi connectivity index (χ4n) is 4.71. The van der Waals surface area contributed by atoms with Gasteiger partial charge in [-0.15, -0.1) is 0 Å². The van der Waals surface area contributed by atoms with Crippen LogP contribution in [0.3, 0.4) is 0 Å². The Morgan fingerprint density at radius 2 is 2.16 bits per heavy atom. The van der Waals surface area contributed by atoms with Crippen molar-refractivity contribution < 1.29 is 19.0 Å². The number of aromatic carboxylic acids is 1. The Morgan fingerprint density at radius 3 is 2.78 bits per heavy atom. The zero-order valence-electron chi connectivity index (χ0n) is 17.9. The molecule has 2 aromatic heterocycles. The fourth-order valence-corrected chi connectivity index (χ4v) is 4.71. The number of fused-ring (bicyclic) bond motifs is 3. The summed E-state index contributed by atoms with van der Waals surface area (Å²) in [6, 6.07) is 4.58. The predicted molar refractivity (Wildman–Crippen MR) is 116 cm³/mol.